The predicted molar refractivity (Wildman–Crippen MR) is 82.3 cm³/mol. The number of fused-ring (bicyclic) bond motifs is 1. The zero-order valence-electron chi connectivity index (χ0n) is 11.0. The third-order valence-corrected chi connectivity index (χ3v) is 5.14. The van der Waals surface area contributed by atoms with Crippen LogP contribution >= 0.6 is 23.1 Å². The van der Waals surface area contributed by atoms with Gasteiger partial charge < -0.3 is 5.32 Å². The number of rotatable bonds is 5. The van der Waals surface area contributed by atoms with E-state index in [-0.39, 0.29) is 5.91 Å². The topological polar surface area (TPSA) is 54.9 Å². The number of carbonyl (C=O) groups is 1. The van der Waals surface area contributed by atoms with E-state index >= 15 is 0 Å². The molecule has 1 amide bonds. The lowest BCUT2D eigenvalue weighted by Crippen LogP contribution is -2.12. The lowest BCUT2D eigenvalue weighted by atomic mass is 10.1. The second kappa shape index (κ2) is 6.37. The standard InChI is InChI=1S/C14H15N3OS2/c18-13(6-7-19-14-17-15-9-20-14)16-12-5-4-10-2-1-3-11(10)8-12/h4-5,8-9H,1-3,6-7H2,(H,16,18). The first-order valence-corrected chi connectivity index (χ1v) is 8.48. The highest BCUT2D eigenvalue weighted by molar-refractivity contribution is 8.01. The van der Waals surface area contributed by atoms with Crippen LogP contribution in [0.15, 0.2) is 28.0 Å². The molecule has 0 aliphatic heterocycles. The van der Waals surface area contributed by atoms with Crippen molar-refractivity contribution >= 4 is 34.7 Å². The van der Waals surface area contributed by atoms with Crippen LogP contribution in [0.25, 0.3) is 0 Å². The molecule has 1 N–H and O–H groups in total. The Balaban J connectivity index is 1.49. The zero-order valence-corrected chi connectivity index (χ0v) is 12.6. The van der Waals surface area contributed by atoms with Crippen molar-refractivity contribution in [2.75, 3.05) is 11.1 Å². The maximum atomic E-state index is 11.9. The Morgan fingerprint density at radius 2 is 2.25 bits per heavy atom. The maximum absolute atomic E-state index is 11.9. The van der Waals surface area contributed by atoms with E-state index in [1.54, 1.807) is 17.3 Å². The molecule has 0 atom stereocenters. The van der Waals surface area contributed by atoms with E-state index in [4.69, 9.17) is 0 Å². The van der Waals surface area contributed by atoms with Gasteiger partial charge in [0.05, 0.1) is 0 Å². The molecule has 1 aromatic heterocycles. The number of hydrogen-bond donors (Lipinski definition) is 1. The van der Waals surface area contributed by atoms with Gasteiger partial charge in [0.2, 0.25) is 5.91 Å². The molecule has 0 saturated carbocycles. The minimum Gasteiger partial charge on any atom is -0.326 e. The van der Waals surface area contributed by atoms with Crippen LogP contribution < -0.4 is 5.32 Å². The average molecular weight is 305 g/mol. The molecule has 1 aliphatic rings. The molecule has 0 saturated heterocycles. The summed E-state index contributed by atoms with van der Waals surface area (Å²) in [5.41, 5.74) is 5.42. The summed E-state index contributed by atoms with van der Waals surface area (Å²) in [6.07, 6.45) is 4.01. The number of nitrogens with one attached hydrogen (secondary N) is 1. The molecular weight excluding hydrogens is 290 g/mol. The molecule has 0 radical (unpaired) electrons. The van der Waals surface area contributed by atoms with Crippen LogP contribution in [0, 0.1) is 0 Å². The summed E-state index contributed by atoms with van der Waals surface area (Å²) in [6, 6.07) is 6.24. The third-order valence-electron chi connectivity index (χ3n) is 3.28. The molecule has 6 heteroatoms. The lowest BCUT2D eigenvalue weighted by Gasteiger charge is -2.07. The normalized spacial score (nSPS) is 13.2. The summed E-state index contributed by atoms with van der Waals surface area (Å²) in [5, 5.41) is 10.7. The summed E-state index contributed by atoms with van der Waals surface area (Å²) >= 11 is 3.07. The minimum atomic E-state index is 0.0555. The molecule has 4 nitrogen and oxygen atoms in total. The van der Waals surface area contributed by atoms with E-state index in [1.165, 1.54) is 35.3 Å². The van der Waals surface area contributed by atoms with Gasteiger partial charge >= 0.3 is 0 Å². The van der Waals surface area contributed by atoms with Gasteiger partial charge in [0.15, 0.2) is 4.34 Å². The van der Waals surface area contributed by atoms with Crippen molar-refractivity contribution in [2.45, 2.75) is 30.0 Å². The Morgan fingerprint density at radius 3 is 3.10 bits per heavy atom. The zero-order chi connectivity index (χ0) is 13.8. The smallest absolute Gasteiger partial charge is 0.225 e. The number of anilines is 1. The van der Waals surface area contributed by atoms with Crippen molar-refractivity contribution in [3.8, 4) is 0 Å². The first-order chi connectivity index (χ1) is 9.81. The van der Waals surface area contributed by atoms with Crippen LogP contribution in [-0.2, 0) is 17.6 Å². The Hall–Kier alpha value is -1.40. The Kier molecular flexibility index (Phi) is 4.32. The van der Waals surface area contributed by atoms with E-state index in [0.29, 0.717) is 6.42 Å². The van der Waals surface area contributed by atoms with Crippen LogP contribution in [-0.4, -0.2) is 21.9 Å². The highest BCUT2D eigenvalue weighted by atomic mass is 32.2. The van der Waals surface area contributed by atoms with Crippen molar-refractivity contribution in [2.24, 2.45) is 0 Å². The van der Waals surface area contributed by atoms with E-state index in [1.807, 2.05) is 6.07 Å². The molecule has 0 unspecified atom stereocenters. The molecule has 1 aromatic carbocycles. The number of hydrogen-bond acceptors (Lipinski definition) is 5. The Labute approximate surface area is 126 Å². The van der Waals surface area contributed by atoms with Crippen molar-refractivity contribution in [1.29, 1.82) is 0 Å². The highest BCUT2D eigenvalue weighted by Crippen LogP contribution is 2.25. The van der Waals surface area contributed by atoms with Crippen LogP contribution in [0.5, 0.6) is 0 Å². The van der Waals surface area contributed by atoms with Gasteiger partial charge in [-0.15, -0.1) is 10.2 Å². The molecule has 2 aromatic rings. The molecule has 1 heterocycles. The fraction of sp³-hybridized carbons (Fsp3) is 0.357. The Bertz CT molecular complexity index is 598. The SMILES string of the molecule is O=C(CCSc1nncs1)Nc1ccc2c(c1)CCC2. The van der Waals surface area contributed by atoms with Crippen LogP contribution in [0.1, 0.15) is 24.0 Å². The summed E-state index contributed by atoms with van der Waals surface area (Å²) in [7, 11) is 0. The fourth-order valence-electron chi connectivity index (χ4n) is 2.33. The van der Waals surface area contributed by atoms with Gasteiger partial charge in [-0.05, 0) is 42.5 Å². The van der Waals surface area contributed by atoms with E-state index in [9.17, 15) is 4.79 Å². The maximum Gasteiger partial charge on any atom is 0.225 e. The number of amides is 1. The molecular formula is C14H15N3OS2. The van der Waals surface area contributed by atoms with Crippen LogP contribution in [0.4, 0.5) is 5.69 Å². The quantitative estimate of drug-likeness (QED) is 0.862. The third kappa shape index (κ3) is 3.37. The van der Waals surface area contributed by atoms with E-state index in [0.717, 1.165) is 22.2 Å². The van der Waals surface area contributed by atoms with Crippen LogP contribution in [0.3, 0.4) is 0 Å². The number of benzene rings is 1. The van der Waals surface area contributed by atoms with Crippen LogP contribution in [0.2, 0.25) is 0 Å². The van der Waals surface area contributed by atoms with Gasteiger partial charge in [0, 0.05) is 17.9 Å². The van der Waals surface area contributed by atoms with Crippen molar-refractivity contribution < 1.29 is 4.79 Å². The number of carbonyl (C=O) groups excluding carboxylic acids is 1. The average Bonchev–Trinajstić information content (AvgIpc) is 3.08. The van der Waals surface area contributed by atoms with Gasteiger partial charge in [-0.3, -0.25) is 4.79 Å². The van der Waals surface area contributed by atoms with Crippen molar-refractivity contribution in [3.05, 3.63) is 34.8 Å². The molecule has 0 bridgehead atoms. The van der Waals surface area contributed by atoms with Gasteiger partial charge in [-0.1, -0.05) is 29.2 Å². The number of aryl methyl sites for hydroxylation is 2. The number of aromatic nitrogens is 2. The first kappa shape index (κ1) is 13.6. The van der Waals surface area contributed by atoms with E-state index in [2.05, 4.69) is 27.6 Å². The highest BCUT2D eigenvalue weighted by Gasteiger charge is 2.11. The van der Waals surface area contributed by atoms with Crippen molar-refractivity contribution in [3.63, 3.8) is 0 Å². The number of thioether (sulfide) groups is 1. The molecule has 1 aliphatic carbocycles. The van der Waals surface area contributed by atoms with Gasteiger partial charge in [0.1, 0.15) is 5.51 Å². The summed E-state index contributed by atoms with van der Waals surface area (Å²) in [4.78, 5) is 11.9. The molecule has 20 heavy (non-hydrogen) atoms. The second-order valence-electron chi connectivity index (χ2n) is 4.69. The Morgan fingerprint density at radius 1 is 1.35 bits per heavy atom. The van der Waals surface area contributed by atoms with Gasteiger partial charge in [-0.25, -0.2) is 0 Å². The summed E-state index contributed by atoms with van der Waals surface area (Å²) in [6.45, 7) is 0. The summed E-state index contributed by atoms with van der Waals surface area (Å²) < 4.78 is 0.912. The van der Waals surface area contributed by atoms with Crippen molar-refractivity contribution in [1.82, 2.24) is 10.2 Å². The largest absolute Gasteiger partial charge is 0.326 e. The lowest BCUT2D eigenvalue weighted by molar-refractivity contribution is -0.115. The predicted octanol–water partition coefficient (Wildman–Crippen LogP) is 3.15. The molecule has 0 spiro atoms. The van der Waals surface area contributed by atoms with E-state index < -0.39 is 0 Å². The second-order valence-corrected chi connectivity index (χ2v) is 6.86. The summed E-state index contributed by atoms with van der Waals surface area (Å²) in [5.74, 6) is 0.784. The first-order valence-electron chi connectivity index (χ1n) is 6.62. The molecule has 3 rings (SSSR count). The number of nitrogens with zero attached hydrogens (tertiary/aromatic N) is 2. The molecule has 104 valence electrons. The fourth-order valence-corrected chi connectivity index (χ4v) is 3.83. The van der Waals surface area contributed by atoms with Gasteiger partial charge in [0.25, 0.3) is 0 Å². The minimum absolute atomic E-state index is 0.0555. The monoisotopic (exact) mass is 305 g/mol. The van der Waals surface area contributed by atoms with Gasteiger partial charge in [-0.2, -0.15) is 0 Å². The molecule has 0 fully saturated rings.